The molecule has 0 aliphatic rings. The summed E-state index contributed by atoms with van der Waals surface area (Å²) in [6.45, 7) is 4.06. The van der Waals surface area contributed by atoms with E-state index in [2.05, 4.69) is 10.0 Å². The van der Waals surface area contributed by atoms with Crippen LogP contribution in [0.5, 0.6) is 5.75 Å². The highest BCUT2D eigenvalue weighted by molar-refractivity contribution is 7.89. The van der Waals surface area contributed by atoms with Crippen LogP contribution in [0.2, 0.25) is 0 Å². The minimum atomic E-state index is -3.47. The fraction of sp³-hybridized carbons (Fsp3) is 0.571. The van der Waals surface area contributed by atoms with E-state index in [4.69, 9.17) is 9.47 Å². The summed E-state index contributed by atoms with van der Waals surface area (Å²) in [5, 5.41) is 3.01. The summed E-state index contributed by atoms with van der Waals surface area (Å²) >= 11 is 0. The molecule has 1 atom stereocenters. The first-order chi connectivity index (χ1) is 9.99. The van der Waals surface area contributed by atoms with Crippen LogP contribution in [0.1, 0.15) is 6.92 Å². The third-order valence-electron chi connectivity index (χ3n) is 2.86. The Morgan fingerprint density at radius 3 is 2.38 bits per heavy atom. The molecular formula is C14H24N2O4S. The van der Waals surface area contributed by atoms with Crippen LogP contribution in [0.25, 0.3) is 0 Å². The number of benzene rings is 1. The third-order valence-corrected chi connectivity index (χ3v) is 4.30. The van der Waals surface area contributed by atoms with Crippen LogP contribution < -0.4 is 14.8 Å². The van der Waals surface area contributed by atoms with E-state index in [1.54, 1.807) is 19.2 Å². The molecule has 0 aromatic heterocycles. The van der Waals surface area contributed by atoms with E-state index in [9.17, 15) is 8.42 Å². The van der Waals surface area contributed by atoms with Gasteiger partial charge in [0.15, 0.2) is 0 Å². The molecule has 0 bridgehead atoms. The number of sulfonamides is 1. The maximum absolute atomic E-state index is 12.1. The van der Waals surface area contributed by atoms with E-state index < -0.39 is 10.0 Å². The highest BCUT2D eigenvalue weighted by atomic mass is 32.2. The second-order valence-corrected chi connectivity index (χ2v) is 6.59. The smallest absolute Gasteiger partial charge is 0.240 e. The number of hydrogen-bond donors (Lipinski definition) is 2. The lowest BCUT2D eigenvalue weighted by Gasteiger charge is -2.12. The van der Waals surface area contributed by atoms with Crippen LogP contribution in [0.4, 0.5) is 0 Å². The van der Waals surface area contributed by atoms with Crippen LogP contribution in [0.15, 0.2) is 29.2 Å². The fourth-order valence-electron chi connectivity index (χ4n) is 1.71. The Morgan fingerprint density at radius 2 is 1.81 bits per heavy atom. The number of nitrogens with one attached hydrogen (secondary N) is 2. The van der Waals surface area contributed by atoms with Crippen molar-refractivity contribution >= 4 is 10.0 Å². The standard InChI is InChI=1S/C14H24N2O4S/c1-12(10-15-2)11-16-21(17,18)14-6-4-13(5-7-14)20-9-8-19-3/h4-7,12,15-16H,8-11H2,1-3H3. The molecule has 7 heteroatoms. The van der Waals surface area contributed by atoms with Gasteiger partial charge in [-0.1, -0.05) is 6.92 Å². The zero-order chi connectivity index (χ0) is 15.7. The topological polar surface area (TPSA) is 76.7 Å². The molecule has 1 unspecified atom stereocenters. The van der Waals surface area contributed by atoms with Crippen molar-refractivity contribution < 1.29 is 17.9 Å². The van der Waals surface area contributed by atoms with Gasteiger partial charge in [0.2, 0.25) is 10.0 Å². The van der Waals surface area contributed by atoms with Gasteiger partial charge >= 0.3 is 0 Å². The Morgan fingerprint density at radius 1 is 1.14 bits per heavy atom. The minimum Gasteiger partial charge on any atom is -0.491 e. The van der Waals surface area contributed by atoms with E-state index in [-0.39, 0.29) is 10.8 Å². The van der Waals surface area contributed by atoms with Crippen molar-refractivity contribution in [2.24, 2.45) is 5.92 Å². The highest BCUT2D eigenvalue weighted by Crippen LogP contribution is 2.16. The van der Waals surface area contributed by atoms with E-state index in [1.165, 1.54) is 12.1 Å². The summed E-state index contributed by atoms with van der Waals surface area (Å²) < 4.78 is 37.1. The van der Waals surface area contributed by atoms with Crippen LogP contribution >= 0.6 is 0 Å². The third kappa shape index (κ3) is 6.43. The highest BCUT2D eigenvalue weighted by Gasteiger charge is 2.14. The molecule has 120 valence electrons. The van der Waals surface area contributed by atoms with Gasteiger partial charge in [-0.2, -0.15) is 0 Å². The van der Waals surface area contributed by atoms with Crippen molar-refractivity contribution in [2.45, 2.75) is 11.8 Å². The lowest BCUT2D eigenvalue weighted by molar-refractivity contribution is 0.146. The molecule has 0 spiro atoms. The molecule has 0 aliphatic heterocycles. The lowest BCUT2D eigenvalue weighted by atomic mass is 10.2. The predicted octanol–water partition coefficient (Wildman–Crippen LogP) is 0.846. The zero-order valence-electron chi connectivity index (χ0n) is 12.8. The molecule has 21 heavy (non-hydrogen) atoms. The molecule has 2 N–H and O–H groups in total. The van der Waals surface area contributed by atoms with Gasteiger partial charge in [-0.05, 0) is 43.8 Å². The molecule has 0 radical (unpaired) electrons. The second kappa shape index (κ2) is 8.99. The predicted molar refractivity (Wildman–Crippen MR) is 82.1 cm³/mol. The van der Waals surface area contributed by atoms with Crippen molar-refractivity contribution in [3.8, 4) is 5.75 Å². The van der Waals surface area contributed by atoms with Gasteiger partial charge in [-0.25, -0.2) is 13.1 Å². The molecule has 1 rings (SSSR count). The van der Waals surface area contributed by atoms with Gasteiger partial charge in [-0.15, -0.1) is 0 Å². The second-order valence-electron chi connectivity index (χ2n) is 4.83. The summed E-state index contributed by atoms with van der Waals surface area (Å²) in [6, 6.07) is 6.35. The van der Waals surface area contributed by atoms with Crippen LogP contribution in [-0.4, -0.2) is 48.9 Å². The first-order valence-electron chi connectivity index (χ1n) is 6.85. The maximum atomic E-state index is 12.1. The Kier molecular flexibility index (Phi) is 7.66. The van der Waals surface area contributed by atoms with Crippen molar-refractivity contribution in [3.05, 3.63) is 24.3 Å². The lowest BCUT2D eigenvalue weighted by Crippen LogP contribution is -2.32. The number of hydrogen-bond acceptors (Lipinski definition) is 5. The van der Waals surface area contributed by atoms with Gasteiger partial charge < -0.3 is 14.8 Å². The number of ether oxygens (including phenoxy) is 2. The van der Waals surface area contributed by atoms with Gasteiger partial charge in [-0.3, -0.25) is 0 Å². The molecule has 0 saturated heterocycles. The molecular weight excluding hydrogens is 292 g/mol. The average Bonchev–Trinajstić information content (AvgIpc) is 2.46. The summed E-state index contributed by atoms with van der Waals surface area (Å²) in [5.74, 6) is 0.843. The van der Waals surface area contributed by atoms with Crippen molar-refractivity contribution in [3.63, 3.8) is 0 Å². The quantitative estimate of drug-likeness (QED) is 0.626. The summed E-state index contributed by atoms with van der Waals surface area (Å²) in [5.41, 5.74) is 0. The summed E-state index contributed by atoms with van der Waals surface area (Å²) in [7, 11) is -0.0360. The molecule has 6 nitrogen and oxygen atoms in total. The molecule has 0 aliphatic carbocycles. The van der Waals surface area contributed by atoms with Crippen LogP contribution in [0.3, 0.4) is 0 Å². The van der Waals surface area contributed by atoms with Crippen molar-refractivity contribution in [1.82, 2.24) is 10.0 Å². The Hall–Kier alpha value is -1.15. The van der Waals surface area contributed by atoms with Crippen molar-refractivity contribution in [1.29, 1.82) is 0 Å². The van der Waals surface area contributed by atoms with E-state index in [0.29, 0.717) is 25.5 Å². The van der Waals surface area contributed by atoms with E-state index in [0.717, 1.165) is 6.54 Å². The molecule has 0 amide bonds. The van der Waals surface area contributed by atoms with Crippen LogP contribution in [0, 0.1) is 5.92 Å². The molecule has 1 aromatic rings. The molecule has 0 saturated carbocycles. The largest absolute Gasteiger partial charge is 0.491 e. The van der Waals surface area contributed by atoms with Gasteiger partial charge in [0.25, 0.3) is 0 Å². The van der Waals surface area contributed by atoms with Gasteiger partial charge in [0.1, 0.15) is 12.4 Å². The van der Waals surface area contributed by atoms with Crippen molar-refractivity contribution in [2.75, 3.05) is 40.5 Å². The summed E-state index contributed by atoms with van der Waals surface area (Å²) in [4.78, 5) is 0.234. The Labute approximate surface area is 126 Å². The normalized spacial score (nSPS) is 13.1. The number of methoxy groups -OCH3 is 1. The molecule has 0 heterocycles. The summed E-state index contributed by atoms with van der Waals surface area (Å²) in [6.07, 6.45) is 0. The average molecular weight is 316 g/mol. The first-order valence-corrected chi connectivity index (χ1v) is 8.34. The van der Waals surface area contributed by atoms with Gasteiger partial charge in [0, 0.05) is 13.7 Å². The van der Waals surface area contributed by atoms with Crippen LogP contribution in [-0.2, 0) is 14.8 Å². The molecule has 1 aromatic carbocycles. The van der Waals surface area contributed by atoms with E-state index in [1.807, 2.05) is 14.0 Å². The van der Waals surface area contributed by atoms with E-state index >= 15 is 0 Å². The Balaban J connectivity index is 2.58. The monoisotopic (exact) mass is 316 g/mol. The minimum absolute atomic E-state index is 0.224. The zero-order valence-corrected chi connectivity index (χ0v) is 13.6. The fourth-order valence-corrected chi connectivity index (χ4v) is 2.88. The first kappa shape index (κ1) is 17.9. The maximum Gasteiger partial charge on any atom is 0.240 e. The molecule has 0 fully saturated rings. The number of rotatable bonds is 10. The van der Waals surface area contributed by atoms with Gasteiger partial charge in [0.05, 0.1) is 11.5 Å². The SMILES string of the molecule is CNCC(C)CNS(=O)(=O)c1ccc(OCCOC)cc1. The Bertz CT molecular complexity index is 502.